The van der Waals surface area contributed by atoms with Crippen molar-refractivity contribution in [3.63, 3.8) is 0 Å². The third-order valence-electron chi connectivity index (χ3n) is 2.90. The summed E-state index contributed by atoms with van der Waals surface area (Å²) in [7, 11) is -0.558. The molecule has 0 radical (unpaired) electrons. The molecule has 1 aliphatic rings. The zero-order valence-electron chi connectivity index (χ0n) is 9.12. The lowest BCUT2D eigenvalue weighted by Crippen LogP contribution is -2.35. The smallest absolute Gasteiger partial charge is 0.0249 e. The second-order valence-electron chi connectivity index (χ2n) is 4.13. The molecule has 0 spiro atoms. The highest BCUT2D eigenvalue weighted by Gasteiger charge is 2.16. The Bertz CT molecular complexity index is 356. The molecule has 2 nitrogen and oxygen atoms in total. The van der Waals surface area contributed by atoms with E-state index in [1.807, 2.05) is 0 Å². The van der Waals surface area contributed by atoms with Crippen LogP contribution in [0.15, 0.2) is 28.7 Å². The number of rotatable bonds is 3. The van der Waals surface area contributed by atoms with Crippen molar-refractivity contribution in [3.05, 3.63) is 34.3 Å². The van der Waals surface area contributed by atoms with E-state index in [9.17, 15) is 4.21 Å². The monoisotopic (exact) mass is 301 g/mol. The molecular weight excluding hydrogens is 286 g/mol. The van der Waals surface area contributed by atoms with Gasteiger partial charge in [-0.25, -0.2) is 0 Å². The highest BCUT2D eigenvalue weighted by atomic mass is 79.9. The summed E-state index contributed by atoms with van der Waals surface area (Å²) < 4.78 is 12.3. The lowest BCUT2D eigenvalue weighted by molar-refractivity contribution is 0.475. The van der Waals surface area contributed by atoms with Crippen molar-refractivity contribution in [2.75, 3.05) is 11.5 Å². The SMILES string of the molecule is O=S1CCC(NCc2ccc(Br)cc2)CC1. The Balaban J connectivity index is 1.79. The summed E-state index contributed by atoms with van der Waals surface area (Å²) >= 11 is 3.43. The van der Waals surface area contributed by atoms with Gasteiger partial charge in [0.25, 0.3) is 0 Å². The Morgan fingerprint density at radius 1 is 1.25 bits per heavy atom. The van der Waals surface area contributed by atoms with Crippen LogP contribution in [-0.4, -0.2) is 21.8 Å². The molecule has 1 fully saturated rings. The van der Waals surface area contributed by atoms with E-state index in [0.717, 1.165) is 35.4 Å². The number of hydrogen-bond donors (Lipinski definition) is 1. The van der Waals surface area contributed by atoms with E-state index in [2.05, 4.69) is 45.5 Å². The topological polar surface area (TPSA) is 29.1 Å². The first-order chi connectivity index (χ1) is 7.74. The minimum absolute atomic E-state index is 0.543. The fourth-order valence-electron chi connectivity index (χ4n) is 1.86. The Hall–Kier alpha value is -0.190. The van der Waals surface area contributed by atoms with Gasteiger partial charge in [-0.05, 0) is 30.5 Å². The average Bonchev–Trinajstić information content (AvgIpc) is 2.30. The summed E-state index contributed by atoms with van der Waals surface area (Å²) in [6.45, 7) is 0.907. The Morgan fingerprint density at radius 2 is 1.88 bits per heavy atom. The van der Waals surface area contributed by atoms with Crippen molar-refractivity contribution in [1.29, 1.82) is 0 Å². The lowest BCUT2D eigenvalue weighted by atomic mass is 10.1. The summed E-state index contributed by atoms with van der Waals surface area (Å²) in [5.41, 5.74) is 1.30. The second-order valence-corrected chi connectivity index (χ2v) is 6.74. The molecule has 1 saturated heterocycles. The van der Waals surface area contributed by atoms with Crippen molar-refractivity contribution in [2.45, 2.75) is 25.4 Å². The molecule has 88 valence electrons. The standard InChI is InChI=1S/C12H16BrNOS/c13-11-3-1-10(2-4-11)9-14-12-5-7-16(15)8-6-12/h1-4,12,14H,5-9H2. The highest BCUT2D eigenvalue weighted by molar-refractivity contribution is 9.10. The third-order valence-corrected chi connectivity index (χ3v) is 4.81. The van der Waals surface area contributed by atoms with E-state index < -0.39 is 10.8 Å². The number of hydrogen-bond acceptors (Lipinski definition) is 2. The zero-order valence-corrected chi connectivity index (χ0v) is 11.5. The van der Waals surface area contributed by atoms with Gasteiger partial charge in [-0.2, -0.15) is 0 Å². The predicted octanol–water partition coefficient (Wildman–Crippen LogP) is 2.45. The fraction of sp³-hybridized carbons (Fsp3) is 0.500. The summed E-state index contributed by atoms with van der Waals surface area (Å²) in [5, 5.41) is 3.53. The number of halogens is 1. The summed E-state index contributed by atoms with van der Waals surface area (Å²) in [5.74, 6) is 1.72. The maximum Gasteiger partial charge on any atom is 0.0249 e. The van der Waals surface area contributed by atoms with Gasteiger partial charge in [-0.1, -0.05) is 28.1 Å². The third kappa shape index (κ3) is 3.68. The maximum atomic E-state index is 11.2. The van der Waals surface area contributed by atoms with Gasteiger partial charge < -0.3 is 5.32 Å². The van der Waals surface area contributed by atoms with E-state index in [4.69, 9.17) is 0 Å². The summed E-state index contributed by atoms with van der Waals surface area (Å²) in [6.07, 6.45) is 2.09. The van der Waals surface area contributed by atoms with Crippen LogP contribution in [0.5, 0.6) is 0 Å². The van der Waals surface area contributed by atoms with Crippen molar-refractivity contribution in [2.24, 2.45) is 0 Å². The van der Waals surface area contributed by atoms with Gasteiger partial charge >= 0.3 is 0 Å². The van der Waals surface area contributed by atoms with Gasteiger partial charge in [0.15, 0.2) is 0 Å². The fourth-order valence-corrected chi connectivity index (χ4v) is 3.43. The zero-order chi connectivity index (χ0) is 11.4. The molecule has 1 aromatic carbocycles. The quantitative estimate of drug-likeness (QED) is 0.929. The molecule has 1 aromatic rings. The van der Waals surface area contributed by atoms with E-state index in [-0.39, 0.29) is 0 Å². The minimum Gasteiger partial charge on any atom is -0.310 e. The Morgan fingerprint density at radius 3 is 2.50 bits per heavy atom. The van der Waals surface area contributed by atoms with Crippen molar-refractivity contribution < 1.29 is 4.21 Å². The minimum atomic E-state index is -0.558. The van der Waals surface area contributed by atoms with Crippen molar-refractivity contribution in [3.8, 4) is 0 Å². The van der Waals surface area contributed by atoms with E-state index in [1.54, 1.807) is 0 Å². The molecule has 4 heteroatoms. The molecular formula is C12H16BrNOS. The normalized spacial score (nSPS) is 25.6. The molecule has 1 N–H and O–H groups in total. The largest absolute Gasteiger partial charge is 0.310 e. The van der Waals surface area contributed by atoms with Gasteiger partial charge in [0.05, 0.1) is 0 Å². The van der Waals surface area contributed by atoms with Crippen LogP contribution in [0, 0.1) is 0 Å². The van der Waals surface area contributed by atoms with Crippen LogP contribution in [0.1, 0.15) is 18.4 Å². The Kier molecular flexibility index (Phi) is 4.55. The van der Waals surface area contributed by atoms with Gasteiger partial charge in [0.1, 0.15) is 0 Å². The van der Waals surface area contributed by atoms with Gasteiger partial charge in [-0.15, -0.1) is 0 Å². The van der Waals surface area contributed by atoms with E-state index in [1.165, 1.54) is 5.56 Å². The van der Waals surface area contributed by atoms with Crippen molar-refractivity contribution in [1.82, 2.24) is 5.32 Å². The van der Waals surface area contributed by atoms with E-state index in [0.29, 0.717) is 6.04 Å². The molecule has 16 heavy (non-hydrogen) atoms. The van der Waals surface area contributed by atoms with Crippen LogP contribution in [0.3, 0.4) is 0 Å². The molecule has 0 aromatic heterocycles. The van der Waals surface area contributed by atoms with Crippen LogP contribution in [0.4, 0.5) is 0 Å². The predicted molar refractivity (Wildman–Crippen MR) is 71.9 cm³/mol. The molecule has 0 atom stereocenters. The average molecular weight is 302 g/mol. The van der Waals surface area contributed by atoms with Gasteiger partial charge in [0, 0.05) is 39.4 Å². The molecule has 0 unspecified atom stereocenters. The van der Waals surface area contributed by atoms with Crippen LogP contribution >= 0.6 is 15.9 Å². The van der Waals surface area contributed by atoms with Crippen LogP contribution in [0.2, 0.25) is 0 Å². The summed E-state index contributed by atoms with van der Waals surface area (Å²) in [6, 6.07) is 8.91. The van der Waals surface area contributed by atoms with Gasteiger partial charge in [0.2, 0.25) is 0 Å². The Labute approximate surface area is 107 Å². The van der Waals surface area contributed by atoms with Crippen molar-refractivity contribution >= 4 is 26.7 Å². The number of benzene rings is 1. The second kappa shape index (κ2) is 5.94. The summed E-state index contributed by atoms with van der Waals surface area (Å²) in [4.78, 5) is 0. The first-order valence-corrected chi connectivity index (χ1v) is 7.85. The highest BCUT2D eigenvalue weighted by Crippen LogP contribution is 2.12. The van der Waals surface area contributed by atoms with Gasteiger partial charge in [-0.3, -0.25) is 4.21 Å². The molecule has 0 saturated carbocycles. The molecule has 0 amide bonds. The van der Waals surface area contributed by atoms with E-state index >= 15 is 0 Å². The molecule has 0 bridgehead atoms. The maximum absolute atomic E-state index is 11.2. The number of nitrogens with one attached hydrogen (secondary N) is 1. The molecule has 2 rings (SSSR count). The van der Waals surface area contributed by atoms with Crippen LogP contribution in [0.25, 0.3) is 0 Å². The van der Waals surface area contributed by atoms with Crippen LogP contribution < -0.4 is 5.32 Å². The first-order valence-electron chi connectivity index (χ1n) is 5.57. The molecule has 1 heterocycles. The first kappa shape index (κ1) is 12.3. The molecule has 0 aliphatic carbocycles. The lowest BCUT2D eigenvalue weighted by Gasteiger charge is -2.22. The van der Waals surface area contributed by atoms with Crippen LogP contribution in [-0.2, 0) is 17.3 Å². The molecule has 1 aliphatic heterocycles.